The van der Waals surface area contributed by atoms with E-state index in [1.54, 1.807) is 14.1 Å². The molecule has 37 heavy (non-hydrogen) atoms. The Hall–Kier alpha value is -3.38. The van der Waals surface area contributed by atoms with Crippen molar-refractivity contribution in [2.24, 2.45) is 5.92 Å². The Morgan fingerprint density at radius 3 is 2.49 bits per heavy atom. The maximum atomic E-state index is 13.2. The number of thiazole rings is 1. The van der Waals surface area contributed by atoms with E-state index in [0.29, 0.717) is 24.3 Å². The van der Waals surface area contributed by atoms with E-state index >= 15 is 0 Å². The Balaban J connectivity index is 1.45. The minimum atomic E-state index is -0.903. The van der Waals surface area contributed by atoms with Crippen LogP contribution in [0.2, 0.25) is 0 Å². The van der Waals surface area contributed by atoms with E-state index in [-0.39, 0.29) is 23.4 Å². The van der Waals surface area contributed by atoms with Gasteiger partial charge in [0.15, 0.2) is 5.01 Å². The molecule has 2 aromatic rings. The number of fused-ring (bicyclic) bond motifs is 1. The van der Waals surface area contributed by atoms with Crippen molar-refractivity contribution < 1.29 is 23.6 Å². The Kier molecular flexibility index (Phi) is 8.18. The van der Waals surface area contributed by atoms with Crippen LogP contribution in [0.25, 0.3) is 0 Å². The molecule has 0 saturated heterocycles. The molecule has 1 aromatic carbocycles. The second-order valence-electron chi connectivity index (χ2n) is 9.74. The SMILES string of the molecule is CN1CCc2nc(C(=O)N[C@@H]3C[C@@H](C(=O)N(C)C)CC[C@@H]3NC(=O)C(=O)Nc3ccc(F)cc3)sc2C1. The van der Waals surface area contributed by atoms with Crippen LogP contribution in [0.1, 0.15) is 39.6 Å². The molecule has 3 N–H and O–H groups in total. The van der Waals surface area contributed by atoms with E-state index in [0.717, 1.165) is 30.1 Å². The summed E-state index contributed by atoms with van der Waals surface area (Å²) >= 11 is 1.35. The van der Waals surface area contributed by atoms with E-state index in [9.17, 15) is 23.6 Å². The molecule has 1 aliphatic carbocycles. The fraction of sp³-hybridized carbons (Fsp3) is 0.480. The summed E-state index contributed by atoms with van der Waals surface area (Å²) in [6.45, 7) is 1.62. The minimum absolute atomic E-state index is 0.0502. The van der Waals surface area contributed by atoms with Gasteiger partial charge < -0.3 is 25.8 Å². The number of benzene rings is 1. The van der Waals surface area contributed by atoms with E-state index < -0.39 is 29.7 Å². The average molecular weight is 531 g/mol. The van der Waals surface area contributed by atoms with Gasteiger partial charge in [0.25, 0.3) is 5.91 Å². The summed E-state index contributed by atoms with van der Waals surface area (Å²) in [4.78, 5) is 60.2. The van der Waals surface area contributed by atoms with Crippen molar-refractivity contribution in [2.45, 2.75) is 44.3 Å². The number of likely N-dealkylation sites (N-methyl/N-ethyl adjacent to an activating group) is 1. The predicted molar refractivity (Wildman–Crippen MR) is 136 cm³/mol. The van der Waals surface area contributed by atoms with Crippen molar-refractivity contribution in [2.75, 3.05) is 33.0 Å². The second kappa shape index (κ2) is 11.3. The lowest BCUT2D eigenvalue weighted by Crippen LogP contribution is -2.57. The molecule has 4 amide bonds. The zero-order valence-corrected chi connectivity index (χ0v) is 21.9. The highest BCUT2D eigenvalue weighted by atomic mass is 32.1. The molecular weight excluding hydrogens is 499 g/mol. The van der Waals surface area contributed by atoms with Gasteiger partial charge in [-0.25, -0.2) is 9.37 Å². The van der Waals surface area contributed by atoms with Crippen LogP contribution in [0, 0.1) is 11.7 Å². The van der Waals surface area contributed by atoms with Gasteiger partial charge >= 0.3 is 11.8 Å². The number of hydrogen-bond donors (Lipinski definition) is 3. The molecule has 12 heteroatoms. The van der Waals surface area contributed by atoms with Crippen molar-refractivity contribution in [1.82, 2.24) is 25.4 Å². The van der Waals surface area contributed by atoms with Crippen LogP contribution in [0.5, 0.6) is 0 Å². The smallest absolute Gasteiger partial charge is 0.313 e. The number of halogens is 1. The highest BCUT2D eigenvalue weighted by molar-refractivity contribution is 7.13. The summed E-state index contributed by atoms with van der Waals surface area (Å²) in [6, 6.07) is 3.94. The lowest BCUT2D eigenvalue weighted by molar-refractivity contribution is -0.137. The largest absolute Gasteiger partial charge is 0.349 e. The first-order chi connectivity index (χ1) is 17.6. The van der Waals surface area contributed by atoms with Crippen LogP contribution in [0.3, 0.4) is 0 Å². The predicted octanol–water partition coefficient (Wildman–Crippen LogP) is 1.38. The lowest BCUT2D eigenvalue weighted by atomic mass is 9.81. The van der Waals surface area contributed by atoms with E-state index in [2.05, 4.69) is 25.8 Å². The van der Waals surface area contributed by atoms with E-state index in [1.807, 2.05) is 7.05 Å². The van der Waals surface area contributed by atoms with Gasteiger partial charge in [0.2, 0.25) is 5.91 Å². The van der Waals surface area contributed by atoms with Crippen molar-refractivity contribution in [3.8, 4) is 0 Å². The van der Waals surface area contributed by atoms with Gasteiger partial charge in [0.1, 0.15) is 5.82 Å². The zero-order chi connectivity index (χ0) is 26.7. The first kappa shape index (κ1) is 26.7. The lowest BCUT2D eigenvalue weighted by Gasteiger charge is -2.37. The third kappa shape index (κ3) is 6.50. The second-order valence-corrected chi connectivity index (χ2v) is 10.8. The molecule has 0 radical (unpaired) electrons. The van der Waals surface area contributed by atoms with Crippen LogP contribution in [-0.4, -0.2) is 78.2 Å². The fourth-order valence-electron chi connectivity index (χ4n) is 4.70. The summed E-state index contributed by atoms with van der Waals surface area (Å²) < 4.78 is 13.1. The van der Waals surface area contributed by atoms with Crippen LogP contribution in [0.15, 0.2) is 24.3 Å². The molecule has 198 valence electrons. The average Bonchev–Trinajstić information content (AvgIpc) is 3.29. The molecule has 0 spiro atoms. The number of amides is 4. The fourth-order valence-corrected chi connectivity index (χ4v) is 5.79. The first-order valence-corrected chi connectivity index (χ1v) is 13.0. The van der Waals surface area contributed by atoms with Crippen LogP contribution >= 0.6 is 11.3 Å². The molecule has 3 atom stereocenters. The van der Waals surface area contributed by atoms with Crippen LogP contribution in [0.4, 0.5) is 10.1 Å². The molecule has 2 heterocycles. The number of anilines is 1. The summed E-state index contributed by atoms with van der Waals surface area (Å²) in [5.41, 5.74) is 1.21. The standard InChI is InChI=1S/C25H31FN6O4S/c1-31(2)25(36)14-4-9-17(28-22(34)21(33)27-16-7-5-15(26)6-8-16)19(12-14)29-23(35)24-30-18-10-11-32(3)13-20(18)37-24/h5-8,14,17,19H,4,9-13H2,1-3H3,(H,27,33)(H,28,34)(H,29,35)/t14-,17-,19+/m0/s1. The van der Waals surface area contributed by atoms with Crippen molar-refractivity contribution in [1.29, 1.82) is 0 Å². The number of carbonyl (C=O) groups is 4. The van der Waals surface area contributed by atoms with Crippen LogP contribution < -0.4 is 16.0 Å². The Morgan fingerprint density at radius 1 is 1.05 bits per heavy atom. The Morgan fingerprint density at radius 2 is 1.78 bits per heavy atom. The number of aromatic nitrogens is 1. The molecular formula is C25H31FN6O4S. The van der Waals surface area contributed by atoms with Gasteiger partial charge in [-0.2, -0.15) is 0 Å². The molecule has 0 bridgehead atoms. The summed E-state index contributed by atoms with van der Waals surface area (Å²) in [5, 5.41) is 8.46. The third-order valence-corrected chi connectivity index (χ3v) is 7.78. The van der Waals surface area contributed by atoms with Crippen molar-refractivity contribution in [3.05, 3.63) is 45.7 Å². The molecule has 2 aliphatic rings. The Labute approximate surface area is 218 Å². The highest BCUT2D eigenvalue weighted by Crippen LogP contribution is 2.28. The van der Waals surface area contributed by atoms with Crippen LogP contribution in [-0.2, 0) is 27.3 Å². The molecule has 4 rings (SSSR count). The number of carbonyl (C=O) groups excluding carboxylic acids is 4. The number of rotatable bonds is 5. The first-order valence-electron chi connectivity index (χ1n) is 12.2. The van der Waals surface area contributed by atoms with Gasteiger partial charge in [0.05, 0.1) is 11.7 Å². The number of hydrogen-bond acceptors (Lipinski definition) is 7. The monoisotopic (exact) mass is 530 g/mol. The summed E-state index contributed by atoms with van der Waals surface area (Å²) in [7, 11) is 5.38. The van der Waals surface area contributed by atoms with E-state index in [4.69, 9.17) is 0 Å². The third-order valence-electron chi connectivity index (χ3n) is 6.70. The zero-order valence-electron chi connectivity index (χ0n) is 21.0. The molecule has 1 aliphatic heterocycles. The van der Waals surface area contributed by atoms with E-state index in [1.165, 1.54) is 40.5 Å². The van der Waals surface area contributed by atoms with Gasteiger partial charge in [-0.05, 0) is 50.6 Å². The summed E-state index contributed by atoms with van der Waals surface area (Å²) in [5.74, 6) is -2.97. The molecule has 10 nitrogen and oxygen atoms in total. The normalized spacial score (nSPS) is 21.5. The van der Waals surface area contributed by atoms with Gasteiger partial charge in [-0.1, -0.05) is 0 Å². The number of nitrogens with one attached hydrogen (secondary N) is 3. The van der Waals surface area contributed by atoms with Gasteiger partial charge in [0, 0.05) is 56.1 Å². The topological polar surface area (TPSA) is 124 Å². The van der Waals surface area contributed by atoms with Gasteiger partial charge in [-0.3, -0.25) is 19.2 Å². The van der Waals surface area contributed by atoms with Crippen molar-refractivity contribution in [3.63, 3.8) is 0 Å². The minimum Gasteiger partial charge on any atom is -0.349 e. The quantitative estimate of drug-likeness (QED) is 0.502. The molecule has 1 aromatic heterocycles. The molecule has 1 fully saturated rings. The van der Waals surface area contributed by atoms with Gasteiger partial charge in [-0.15, -0.1) is 11.3 Å². The molecule has 1 saturated carbocycles. The highest BCUT2D eigenvalue weighted by Gasteiger charge is 2.37. The summed E-state index contributed by atoms with van der Waals surface area (Å²) in [6.07, 6.45) is 2.01. The number of nitrogens with zero attached hydrogens (tertiary/aromatic N) is 3. The molecule has 0 unspecified atom stereocenters. The maximum absolute atomic E-state index is 13.2. The maximum Gasteiger partial charge on any atom is 0.313 e. The van der Waals surface area contributed by atoms with Crippen molar-refractivity contribution >= 4 is 40.7 Å². The Bertz CT molecular complexity index is 1180.